The number of rotatable bonds is 6. The van der Waals surface area contributed by atoms with Crippen LogP contribution in [-0.2, 0) is 9.53 Å². The van der Waals surface area contributed by atoms with E-state index in [-0.39, 0.29) is 5.91 Å². The van der Waals surface area contributed by atoms with Gasteiger partial charge in [0.15, 0.2) is 5.96 Å². The van der Waals surface area contributed by atoms with E-state index in [1.54, 1.807) is 11.3 Å². The maximum Gasteiger partial charge on any atom is 0.236 e. The van der Waals surface area contributed by atoms with Gasteiger partial charge >= 0.3 is 0 Å². The predicted octanol–water partition coefficient (Wildman–Crippen LogP) is 1.29. The molecule has 3 heterocycles. The second-order valence-electron chi connectivity index (χ2n) is 7.41. The van der Waals surface area contributed by atoms with Gasteiger partial charge in [-0.2, -0.15) is 11.3 Å². The number of ether oxygens (including phenoxy) is 1. The molecule has 0 aliphatic carbocycles. The quantitative estimate of drug-likeness (QED) is 0.569. The van der Waals surface area contributed by atoms with Crippen molar-refractivity contribution in [3.63, 3.8) is 0 Å². The zero-order chi connectivity index (χ0) is 19.8. The van der Waals surface area contributed by atoms with Gasteiger partial charge in [-0.15, -0.1) is 0 Å². The average Bonchev–Trinajstić information content (AvgIpc) is 3.27. The van der Waals surface area contributed by atoms with Crippen LogP contribution in [0.3, 0.4) is 0 Å². The van der Waals surface area contributed by atoms with Gasteiger partial charge in [-0.3, -0.25) is 14.7 Å². The molecule has 0 bridgehead atoms. The monoisotopic (exact) mass is 407 g/mol. The number of nitrogens with zero attached hydrogens (tertiary/aromatic N) is 4. The van der Waals surface area contributed by atoms with Gasteiger partial charge in [-0.1, -0.05) is 6.92 Å². The van der Waals surface area contributed by atoms with Gasteiger partial charge in [0.1, 0.15) is 0 Å². The number of morpholine rings is 1. The van der Waals surface area contributed by atoms with Crippen molar-refractivity contribution >= 4 is 23.2 Å². The summed E-state index contributed by atoms with van der Waals surface area (Å²) in [6, 6.07) is 2.18. The van der Waals surface area contributed by atoms with E-state index >= 15 is 0 Å². The number of carbonyl (C=O) groups is 1. The van der Waals surface area contributed by atoms with Crippen molar-refractivity contribution in [3.05, 3.63) is 22.4 Å². The summed E-state index contributed by atoms with van der Waals surface area (Å²) >= 11 is 1.74. The molecule has 156 valence electrons. The second-order valence-corrected chi connectivity index (χ2v) is 8.19. The van der Waals surface area contributed by atoms with E-state index in [0.29, 0.717) is 25.7 Å². The number of guanidine groups is 1. The molecule has 2 aliphatic heterocycles. The SMILES string of the molecule is CCNC(=NCC(C)c1ccsc1)N1CCN(CC(=O)N2CCOCC2)CC1. The normalized spacial score (nSPS) is 20.3. The molecule has 0 radical (unpaired) electrons. The highest BCUT2D eigenvalue weighted by Crippen LogP contribution is 2.18. The number of carbonyl (C=O) groups excluding carboxylic acids is 1. The van der Waals surface area contributed by atoms with Gasteiger partial charge in [0.2, 0.25) is 5.91 Å². The minimum atomic E-state index is 0.224. The van der Waals surface area contributed by atoms with Crippen LogP contribution in [-0.4, -0.2) is 98.7 Å². The van der Waals surface area contributed by atoms with Gasteiger partial charge < -0.3 is 19.9 Å². The van der Waals surface area contributed by atoms with Gasteiger partial charge in [0.05, 0.1) is 19.8 Å². The lowest BCUT2D eigenvalue weighted by atomic mass is 10.1. The first-order valence-electron chi connectivity index (χ1n) is 10.3. The molecule has 2 aliphatic rings. The van der Waals surface area contributed by atoms with Crippen LogP contribution in [0.4, 0.5) is 0 Å². The lowest BCUT2D eigenvalue weighted by molar-refractivity contribution is -0.136. The number of hydrogen-bond acceptors (Lipinski definition) is 5. The Labute approximate surface area is 172 Å². The largest absolute Gasteiger partial charge is 0.378 e. The molecular weight excluding hydrogens is 374 g/mol. The van der Waals surface area contributed by atoms with E-state index in [4.69, 9.17) is 9.73 Å². The molecule has 2 saturated heterocycles. The fourth-order valence-electron chi connectivity index (χ4n) is 3.53. The summed E-state index contributed by atoms with van der Waals surface area (Å²) in [4.78, 5) is 23.8. The average molecular weight is 408 g/mol. The number of nitrogens with one attached hydrogen (secondary N) is 1. The molecule has 0 saturated carbocycles. The van der Waals surface area contributed by atoms with E-state index in [1.807, 2.05) is 4.90 Å². The standard InChI is InChI=1S/C20H33N5O2S/c1-3-21-20(22-14-17(2)18-4-13-28-16-18)25-7-5-23(6-8-25)15-19(26)24-9-11-27-12-10-24/h4,13,16-17H,3,5-12,14-15H2,1-2H3,(H,21,22). The Morgan fingerprint density at radius 1 is 1.21 bits per heavy atom. The molecule has 1 N–H and O–H groups in total. The van der Waals surface area contributed by atoms with Gasteiger partial charge in [0.25, 0.3) is 0 Å². The highest BCUT2D eigenvalue weighted by atomic mass is 32.1. The Morgan fingerprint density at radius 3 is 2.61 bits per heavy atom. The van der Waals surface area contributed by atoms with Crippen LogP contribution in [0.2, 0.25) is 0 Å². The Hall–Kier alpha value is -1.64. The first-order chi connectivity index (χ1) is 13.7. The molecule has 1 aromatic heterocycles. The van der Waals surface area contributed by atoms with Crippen molar-refractivity contribution in [2.24, 2.45) is 4.99 Å². The van der Waals surface area contributed by atoms with E-state index < -0.39 is 0 Å². The van der Waals surface area contributed by atoms with Crippen LogP contribution in [0.15, 0.2) is 21.8 Å². The third-order valence-electron chi connectivity index (χ3n) is 5.36. The summed E-state index contributed by atoms with van der Waals surface area (Å²) in [5.74, 6) is 1.64. The van der Waals surface area contributed by atoms with Crippen molar-refractivity contribution in [2.45, 2.75) is 19.8 Å². The molecule has 0 aromatic carbocycles. The van der Waals surface area contributed by atoms with Crippen LogP contribution in [0.5, 0.6) is 0 Å². The predicted molar refractivity (Wildman–Crippen MR) is 114 cm³/mol. The summed E-state index contributed by atoms with van der Waals surface area (Å²) in [6.45, 7) is 12.8. The fourth-order valence-corrected chi connectivity index (χ4v) is 4.31. The van der Waals surface area contributed by atoms with Crippen molar-refractivity contribution in [1.29, 1.82) is 0 Å². The Kier molecular flexibility index (Phi) is 8.12. The van der Waals surface area contributed by atoms with Crippen molar-refractivity contribution < 1.29 is 9.53 Å². The summed E-state index contributed by atoms with van der Waals surface area (Å²) < 4.78 is 5.33. The van der Waals surface area contributed by atoms with Crippen molar-refractivity contribution in [3.8, 4) is 0 Å². The van der Waals surface area contributed by atoms with E-state index in [9.17, 15) is 4.79 Å². The first kappa shape index (κ1) is 21.1. The number of amides is 1. The number of hydrogen-bond donors (Lipinski definition) is 1. The number of aliphatic imine (C=N–C) groups is 1. The van der Waals surface area contributed by atoms with Gasteiger partial charge in [-0.25, -0.2) is 0 Å². The van der Waals surface area contributed by atoms with Crippen LogP contribution in [0.1, 0.15) is 25.3 Å². The first-order valence-corrected chi connectivity index (χ1v) is 11.2. The van der Waals surface area contributed by atoms with Crippen molar-refractivity contribution in [1.82, 2.24) is 20.0 Å². The Morgan fingerprint density at radius 2 is 1.96 bits per heavy atom. The zero-order valence-corrected chi connectivity index (χ0v) is 17.9. The molecule has 0 spiro atoms. The summed E-state index contributed by atoms with van der Waals surface area (Å²) in [5.41, 5.74) is 1.36. The van der Waals surface area contributed by atoms with Gasteiger partial charge in [-0.05, 0) is 29.3 Å². The molecule has 1 atom stereocenters. The minimum Gasteiger partial charge on any atom is -0.378 e. The lowest BCUT2D eigenvalue weighted by Crippen LogP contribution is -2.55. The van der Waals surface area contributed by atoms with Gasteiger partial charge in [0, 0.05) is 58.3 Å². The molecule has 28 heavy (non-hydrogen) atoms. The smallest absolute Gasteiger partial charge is 0.236 e. The summed E-state index contributed by atoms with van der Waals surface area (Å²) in [7, 11) is 0. The molecular formula is C20H33N5O2S. The second kappa shape index (κ2) is 10.8. The molecule has 1 unspecified atom stereocenters. The van der Waals surface area contributed by atoms with Crippen LogP contribution >= 0.6 is 11.3 Å². The number of thiophene rings is 1. The Bertz CT molecular complexity index is 623. The number of piperazine rings is 1. The minimum absolute atomic E-state index is 0.224. The maximum absolute atomic E-state index is 12.5. The van der Waals surface area contributed by atoms with E-state index in [1.165, 1.54) is 5.56 Å². The van der Waals surface area contributed by atoms with E-state index in [2.05, 4.69) is 45.8 Å². The van der Waals surface area contributed by atoms with Crippen LogP contribution in [0.25, 0.3) is 0 Å². The molecule has 7 nitrogen and oxygen atoms in total. The molecule has 8 heteroatoms. The van der Waals surface area contributed by atoms with Crippen LogP contribution < -0.4 is 5.32 Å². The summed E-state index contributed by atoms with van der Waals surface area (Å²) in [6.07, 6.45) is 0. The topological polar surface area (TPSA) is 60.4 Å². The molecule has 2 fully saturated rings. The maximum atomic E-state index is 12.5. The third-order valence-corrected chi connectivity index (χ3v) is 6.06. The molecule has 1 amide bonds. The highest BCUT2D eigenvalue weighted by Gasteiger charge is 2.24. The Balaban J connectivity index is 1.48. The summed E-state index contributed by atoms with van der Waals surface area (Å²) in [5, 5.41) is 7.76. The van der Waals surface area contributed by atoms with Crippen molar-refractivity contribution in [2.75, 3.05) is 72.1 Å². The lowest BCUT2D eigenvalue weighted by Gasteiger charge is -2.37. The van der Waals surface area contributed by atoms with E-state index in [0.717, 1.165) is 58.3 Å². The molecule has 1 aromatic rings. The third kappa shape index (κ3) is 5.93. The fraction of sp³-hybridized carbons (Fsp3) is 0.700. The molecule has 3 rings (SSSR count). The van der Waals surface area contributed by atoms with Crippen LogP contribution in [0, 0.1) is 0 Å². The zero-order valence-electron chi connectivity index (χ0n) is 17.1. The highest BCUT2D eigenvalue weighted by molar-refractivity contribution is 7.07.